The number of sulfonamides is 1. The third-order valence-electron chi connectivity index (χ3n) is 1.90. The topological polar surface area (TPSA) is 46.2 Å². The molecule has 0 bridgehead atoms. The number of halogens is 3. The van der Waals surface area contributed by atoms with Gasteiger partial charge in [0.2, 0.25) is 0 Å². The predicted octanol–water partition coefficient (Wildman–Crippen LogP) is 2.11. The van der Waals surface area contributed by atoms with E-state index in [1.54, 1.807) is 30.3 Å². The number of rotatable bonds is 5. The van der Waals surface area contributed by atoms with Crippen LogP contribution in [-0.4, -0.2) is 20.1 Å². The summed E-state index contributed by atoms with van der Waals surface area (Å²) in [7, 11) is -4.63. The zero-order valence-corrected chi connectivity index (χ0v) is 9.68. The zero-order chi connectivity index (χ0) is 12.2. The van der Waals surface area contributed by atoms with Crippen molar-refractivity contribution in [2.75, 3.05) is 5.88 Å². The number of benzene rings is 1. The number of hydrogen-bond donors (Lipinski definition) is 1. The lowest BCUT2D eigenvalue weighted by Gasteiger charge is -2.15. The molecule has 0 spiro atoms. The van der Waals surface area contributed by atoms with Crippen LogP contribution in [0.4, 0.5) is 8.78 Å². The molecule has 0 aliphatic heterocycles. The Morgan fingerprint density at radius 3 is 2.25 bits per heavy atom. The second-order valence-corrected chi connectivity index (χ2v) is 5.03. The molecule has 1 rings (SSSR count). The van der Waals surface area contributed by atoms with Gasteiger partial charge in [-0.05, 0) is 5.56 Å². The van der Waals surface area contributed by atoms with Crippen molar-refractivity contribution in [2.45, 2.75) is 11.8 Å². The molecular formula is C9H10ClF2NO2S. The molecule has 0 radical (unpaired) electrons. The Kier molecular flexibility index (Phi) is 4.64. The summed E-state index contributed by atoms with van der Waals surface area (Å²) in [5, 5.41) is 0. The first-order valence-corrected chi connectivity index (χ1v) is 6.45. The monoisotopic (exact) mass is 269 g/mol. The molecular weight excluding hydrogens is 260 g/mol. The standard InChI is InChI=1S/C9H10ClF2NO2S/c10-6-8(7-4-2-1-3-5-7)13-16(14,15)9(11)12/h1-5,8-9,13H,6H2. The average Bonchev–Trinajstić information content (AvgIpc) is 2.27. The van der Waals surface area contributed by atoms with Gasteiger partial charge in [-0.3, -0.25) is 0 Å². The van der Waals surface area contributed by atoms with Gasteiger partial charge in [-0.1, -0.05) is 30.3 Å². The maximum atomic E-state index is 12.1. The number of nitrogens with one attached hydrogen (secondary N) is 1. The second kappa shape index (κ2) is 5.56. The molecule has 0 aliphatic carbocycles. The van der Waals surface area contributed by atoms with E-state index in [1.165, 1.54) is 0 Å². The van der Waals surface area contributed by atoms with E-state index in [-0.39, 0.29) is 5.88 Å². The Balaban J connectivity index is 2.86. The minimum atomic E-state index is -4.63. The fourth-order valence-corrected chi connectivity index (χ4v) is 2.19. The molecule has 0 aliphatic rings. The second-order valence-electron chi connectivity index (χ2n) is 3.04. The van der Waals surface area contributed by atoms with Crippen molar-refractivity contribution in [3.63, 3.8) is 0 Å². The van der Waals surface area contributed by atoms with E-state index in [0.29, 0.717) is 5.56 Å². The average molecular weight is 270 g/mol. The van der Waals surface area contributed by atoms with Gasteiger partial charge in [0.05, 0.1) is 6.04 Å². The highest BCUT2D eigenvalue weighted by Crippen LogP contribution is 2.17. The molecule has 0 aromatic heterocycles. The van der Waals surface area contributed by atoms with Gasteiger partial charge in [-0.15, -0.1) is 11.6 Å². The van der Waals surface area contributed by atoms with Crippen LogP contribution in [0.3, 0.4) is 0 Å². The third kappa shape index (κ3) is 3.40. The Labute approximate surface area is 97.5 Å². The van der Waals surface area contributed by atoms with Crippen molar-refractivity contribution in [3.05, 3.63) is 35.9 Å². The Hall–Kier alpha value is -0.720. The highest BCUT2D eigenvalue weighted by Gasteiger charge is 2.27. The van der Waals surface area contributed by atoms with Crippen molar-refractivity contribution in [1.29, 1.82) is 0 Å². The summed E-state index contributed by atoms with van der Waals surface area (Å²) >= 11 is 5.54. The van der Waals surface area contributed by atoms with Gasteiger partial charge >= 0.3 is 5.76 Å². The van der Waals surface area contributed by atoms with E-state index in [2.05, 4.69) is 0 Å². The van der Waals surface area contributed by atoms with Crippen molar-refractivity contribution in [1.82, 2.24) is 4.72 Å². The van der Waals surface area contributed by atoms with Gasteiger partial charge in [-0.2, -0.15) is 8.78 Å². The molecule has 1 aromatic carbocycles. The smallest absolute Gasteiger partial charge is 0.206 e. The first-order chi connectivity index (χ1) is 7.47. The molecule has 0 saturated carbocycles. The van der Waals surface area contributed by atoms with Crippen LogP contribution >= 0.6 is 11.6 Å². The van der Waals surface area contributed by atoms with Gasteiger partial charge in [0, 0.05) is 5.88 Å². The first-order valence-electron chi connectivity index (χ1n) is 4.37. The summed E-state index contributed by atoms with van der Waals surface area (Å²) in [4.78, 5) is 0. The van der Waals surface area contributed by atoms with Crippen molar-refractivity contribution in [2.24, 2.45) is 0 Å². The third-order valence-corrected chi connectivity index (χ3v) is 3.29. The van der Waals surface area contributed by atoms with Crippen LogP contribution in [0.1, 0.15) is 11.6 Å². The lowest BCUT2D eigenvalue weighted by molar-refractivity contribution is 0.231. The van der Waals surface area contributed by atoms with Gasteiger partial charge in [0.25, 0.3) is 10.0 Å². The summed E-state index contributed by atoms with van der Waals surface area (Å²) in [6.07, 6.45) is 0. The van der Waals surface area contributed by atoms with Crippen LogP contribution in [0.2, 0.25) is 0 Å². The molecule has 1 aromatic rings. The molecule has 1 atom stereocenters. The van der Waals surface area contributed by atoms with E-state index in [1.807, 2.05) is 4.72 Å². The zero-order valence-electron chi connectivity index (χ0n) is 8.11. The van der Waals surface area contributed by atoms with Gasteiger partial charge in [-0.25, -0.2) is 13.1 Å². The van der Waals surface area contributed by atoms with E-state index in [9.17, 15) is 17.2 Å². The van der Waals surface area contributed by atoms with Gasteiger partial charge in [0.15, 0.2) is 0 Å². The largest absolute Gasteiger partial charge is 0.350 e. The minimum Gasteiger partial charge on any atom is -0.206 e. The summed E-state index contributed by atoms with van der Waals surface area (Å²) < 4.78 is 48.0. The number of hydrogen-bond acceptors (Lipinski definition) is 2. The normalized spacial score (nSPS) is 14.0. The molecule has 90 valence electrons. The highest BCUT2D eigenvalue weighted by molar-refractivity contribution is 7.89. The lowest BCUT2D eigenvalue weighted by Crippen LogP contribution is -2.33. The van der Waals surface area contributed by atoms with Gasteiger partial charge in [0.1, 0.15) is 0 Å². The molecule has 16 heavy (non-hydrogen) atoms. The highest BCUT2D eigenvalue weighted by atomic mass is 35.5. The first kappa shape index (κ1) is 13.3. The fourth-order valence-electron chi connectivity index (χ4n) is 1.12. The van der Waals surface area contributed by atoms with E-state index in [0.717, 1.165) is 0 Å². The Bertz CT molecular complexity index is 424. The van der Waals surface area contributed by atoms with Crippen LogP contribution in [0.15, 0.2) is 30.3 Å². The van der Waals surface area contributed by atoms with Crippen molar-refractivity contribution in [3.8, 4) is 0 Å². The molecule has 0 amide bonds. The summed E-state index contributed by atoms with van der Waals surface area (Å²) in [5.74, 6) is -3.57. The molecule has 0 fully saturated rings. The fraction of sp³-hybridized carbons (Fsp3) is 0.333. The molecule has 0 saturated heterocycles. The van der Waals surface area contributed by atoms with E-state index in [4.69, 9.17) is 11.6 Å². The molecule has 1 N–H and O–H groups in total. The maximum Gasteiger partial charge on any atom is 0.350 e. The van der Waals surface area contributed by atoms with Crippen LogP contribution in [-0.2, 0) is 10.0 Å². The van der Waals surface area contributed by atoms with Crippen LogP contribution in [0, 0.1) is 0 Å². The predicted molar refractivity (Wildman–Crippen MR) is 58.0 cm³/mol. The van der Waals surface area contributed by atoms with E-state index < -0.39 is 21.8 Å². The molecule has 7 heteroatoms. The molecule has 3 nitrogen and oxygen atoms in total. The van der Waals surface area contributed by atoms with Crippen LogP contribution in [0.5, 0.6) is 0 Å². The van der Waals surface area contributed by atoms with Crippen LogP contribution in [0.25, 0.3) is 0 Å². The Morgan fingerprint density at radius 1 is 1.25 bits per heavy atom. The molecule has 1 unspecified atom stereocenters. The summed E-state index contributed by atoms with van der Waals surface area (Å²) in [6, 6.07) is 7.46. The summed E-state index contributed by atoms with van der Waals surface area (Å²) in [6.45, 7) is 0. The maximum absolute atomic E-state index is 12.1. The van der Waals surface area contributed by atoms with Crippen molar-refractivity contribution >= 4 is 21.6 Å². The van der Waals surface area contributed by atoms with E-state index >= 15 is 0 Å². The number of alkyl halides is 3. The quantitative estimate of drug-likeness (QED) is 0.832. The minimum absolute atomic E-state index is 0.115. The van der Waals surface area contributed by atoms with Gasteiger partial charge < -0.3 is 0 Å². The van der Waals surface area contributed by atoms with Crippen molar-refractivity contribution < 1.29 is 17.2 Å². The van der Waals surface area contributed by atoms with Crippen LogP contribution < -0.4 is 4.72 Å². The Morgan fingerprint density at radius 2 is 1.81 bits per heavy atom. The molecule has 0 heterocycles. The SMILES string of the molecule is O=S(=O)(NC(CCl)c1ccccc1)C(F)F. The lowest BCUT2D eigenvalue weighted by atomic mass is 10.1. The summed E-state index contributed by atoms with van der Waals surface area (Å²) in [5.41, 5.74) is 0.543.